The van der Waals surface area contributed by atoms with Crippen molar-refractivity contribution in [3.8, 4) is 11.3 Å². The average Bonchev–Trinajstić information content (AvgIpc) is 2.94. The predicted molar refractivity (Wildman–Crippen MR) is 154 cm³/mol. The summed E-state index contributed by atoms with van der Waals surface area (Å²) in [5.74, 6) is 0.324. The highest BCUT2D eigenvalue weighted by atomic mass is 35.5. The third-order valence-corrected chi connectivity index (χ3v) is 6.85. The first kappa shape index (κ1) is 25.5. The molecule has 0 fully saturated rings. The van der Waals surface area contributed by atoms with Crippen LogP contribution in [0.2, 0.25) is 10.0 Å². The van der Waals surface area contributed by atoms with Gasteiger partial charge in [0.1, 0.15) is 11.3 Å². The lowest BCUT2D eigenvalue weighted by Gasteiger charge is -2.22. The monoisotopic (exact) mass is 539 g/mol. The highest BCUT2D eigenvalue weighted by Gasteiger charge is 2.15. The van der Waals surface area contributed by atoms with Gasteiger partial charge in [-0.05, 0) is 53.1 Å². The molecule has 38 heavy (non-hydrogen) atoms. The first-order valence-corrected chi connectivity index (χ1v) is 12.8. The van der Waals surface area contributed by atoms with E-state index in [0.29, 0.717) is 39.9 Å². The van der Waals surface area contributed by atoms with Crippen LogP contribution in [0, 0.1) is 0 Å². The fourth-order valence-corrected chi connectivity index (χ4v) is 4.52. The lowest BCUT2D eigenvalue weighted by Crippen LogP contribution is -2.28. The van der Waals surface area contributed by atoms with Crippen LogP contribution >= 0.6 is 23.2 Å². The molecule has 0 aliphatic heterocycles. The number of nitrogens with zero attached hydrogens (tertiary/aromatic N) is 1. The lowest BCUT2D eigenvalue weighted by molar-refractivity contribution is -0.127. The van der Waals surface area contributed by atoms with Gasteiger partial charge < -0.3 is 9.32 Å². The Kier molecular flexibility index (Phi) is 7.73. The Morgan fingerprint density at radius 3 is 2.29 bits per heavy atom. The van der Waals surface area contributed by atoms with E-state index in [-0.39, 0.29) is 11.3 Å². The SMILES string of the molecule is O=C(/C=C/c1ccccc1)N(Cc1cccc(-c2cc(=O)c3ccccc3o2)c1)Cc1ccc(Cl)c(Cl)c1. The molecule has 1 heterocycles. The number of amides is 1. The summed E-state index contributed by atoms with van der Waals surface area (Å²) in [4.78, 5) is 27.7. The predicted octanol–water partition coefficient (Wildman–Crippen LogP) is 8.01. The molecule has 0 aliphatic carbocycles. The van der Waals surface area contributed by atoms with Gasteiger partial charge in [0.2, 0.25) is 5.91 Å². The Bertz CT molecular complexity index is 1690. The molecule has 0 aliphatic rings. The summed E-state index contributed by atoms with van der Waals surface area (Å²) in [7, 11) is 0. The minimum atomic E-state index is -0.150. The molecule has 188 valence electrons. The summed E-state index contributed by atoms with van der Waals surface area (Å²) in [5, 5.41) is 1.43. The summed E-state index contributed by atoms with van der Waals surface area (Å²) < 4.78 is 6.02. The molecule has 4 aromatic carbocycles. The fraction of sp³-hybridized carbons (Fsp3) is 0.0625. The smallest absolute Gasteiger partial charge is 0.247 e. The molecule has 1 aromatic heterocycles. The van der Waals surface area contributed by atoms with Crippen LogP contribution < -0.4 is 5.43 Å². The zero-order chi connectivity index (χ0) is 26.5. The number of rotatable bonds is 7. The van der Waals surface area contributed by atoms with Crippen molar-refractivity contribution in [2.45, 2.75) is 13.1 Å². The Morgan fingerprint density at radius 2 is 1.50 bits per heavy atom. The molecule has 0 atom stereocenters. The normalized spacial score (nSPS) is 11.2. The van der Waals surface area contributed by atoms with Crippen LogP contribution in [0.5, 0.6) is 0 Å². The molecule has 0 N–H and O–H groups in total. The second kappa shape index (κ2) is 11.5. The number of fused-ring (bicyclic) bond motifs is 1. The molecule has 0 unspecified atom stereocenters. The second-order valence-corrected chi connectivity index (χ2v) is 9.67. The van der Waals surface area contributed by atoms with E-state index < -0.39 is 0 Å². The average molecular weight is 540 g/mol. The van der Waals surface area contributed by atoms with Crippen molar-refractivity contribution in [2.24, 2.45) is 0 Å². The van der Waals surface area contributed by atoms with Gasteiger partial charge >= 0.3 is 0 Å². The zero-order valence-corrected chi connectivity index (χ0v) is 21.8. The van der Waals surface area contributed by atoms with Gasteiger partial charge in [-0.15, -0.1) is 0 Å². The minimum absolute atomic E-state index is 0.102. The van der Waals surface area contributed by atoms with Crippen molar-refractivity contribution in [1.29, 1.82) is 0 Å². The number of hydrogen-bond acceptors (Lipinski definition) is 3. The number of halogens is 2. The summed E-state index contributed by atoms with van der Waals surface area (Å²) in [6.07, 6.45) is 3.36. The number of benzene rings is 4. The zero-order valence-electron chi connectivity index (χ0n) is 20.3. The van der Waals surface area contributed by atoms with Crippen molar-refractivity contribution in [2.75, 3.05) is 0 Å². The summed E-state index contributed by atoms with van der Waals surface area (Å²) in [6.45, 7) is 0.675. The molecule has 5 rings (SSSR count). The maximum absolute atomic E-state index is 13.3. The number of carbonyl (C=O) groups excluding carboxylic acids is 1. The first-order chi connectivity index (χ1) is 18.5. The minimum Gasteiger partial charge on any atom is -0.456 e. The number of hydrogen-bond donors (Lipinski definition) is 0. The molecule has 0 saturated heterocycles. The quantitative estimate of drug-likeness (QED) is 0.197. The van der Waals surface area contributed by atoms with E-state index in [2.05, 4.69) is 0 Å². The van der Waals surface area contributed by atoms with E-state index in [0.717, 1.165) is 22.3 Å². The van der Waals surface area contributed by atoms with Crippen molar-refractivity contribution in [1.82, 2.24) is 4.90 Å². The Hall–Kier alpha value is -4.12. The van der Waals surface area contributed by atoms with Gasteiger partial charge in [0, 0.05) is 30.8 Å². The maximum atomic E-state index is 13.3. The Balaban J connectivity index is 1.45. The van der Waals surface area contributed by atoms with Crippen LogP contribution in [0.1, 0.15) is 16.7 Å². The largest absolute Gasteiger partial charge is 0.456 e. The van der Waals surface area contributed by atoms with Crippen molar-refractivity contribution in [3.63, 3.8) is 0 Å². The molecule has 0 spiro atoms. The van der Waals surface area contributed by atoms with Crippen molar-refractivity contribution in [3.05, 3.63) is 146 Å². The summed E-state index contributed by atoms with van der Waals surface area (Å²) in [6, 6.07) is 31.3. The van der Waals surface area contributed by atoms with Crippen LogP contribution in [0.4, 0.5) is 0 Å². The van der Waals surface area contributed by atoms with E-state index in [1.165, 1.54) is 6.07 Å². The molecule has 0 radical (unpaired) electrons. The molecule has 4 nitrogen and oxygen atoms in total. The first-order valence-electron chi connectivity index (χ1n) is 12.0. The van der Waals surface area contributed by atoms with E-state index >= 15 is 0 Å². The van der Waals surface area contributed by atoms with E-state index in [9.17, 15) is 9.59 Å². The van der Waals surface area contributed by atoms with Gasteiger partial charge in [0.15, 0.2) is 5.43 Å². The van der Waals surface area contributed by atoms with Crippen LogP contribution in [-0.2, 0) is 17.9 Å². The number of carbonyl (C=O) groups is 1. The van der Waals surface area contributed by atoms with E-state index in [4.69, 9.17) is 27.6 Å². The fourth-order valence-electron chi connectivity index (χ4n) is 4.20. The highest BCUT2D eigenvalue weighted by molar-refractivity contribution is 6.42. The third-order valence-electron chi connectivity index (χ3n) is 6.11. The second-order valence-electron chi connectivity index (χ2n) is 8.86. The van der Waals surface area contributed by atoms with Gasteiger partial charge in [0.25, 0.3) is 0 Å². The Morgan fingerprint density at radius 1 is 0.763 bits per heavy atom. The maximum Gasteiger partial charge on any atom is 0.247 e. The van der Waals surface area contributed by atoms with Crippen LogP contribution in [-0.4, -0.2) is 10.8 Å². The third kappa shape index (κ3) is 6.05. The van der Waals surface area contributed by atoms with Gasteiger partial charge in [-0.3, -0.25) is 9.59 Å². The van der Waals surface area contributed by atoms with Gasteiger partial charge in [-0.2, -0.15) is 0 Å². The molecular weight excluding hydrogens is 517 g/mol. The highest BCUT2D eigenvalue weighted by Crippen LogP contribution is 2.26. The van der Waals surface area contributed by atoms with E-state index in [1.807, 2.05) is 72.8 Å². The van der Waals surface area contributed by atoms with Crippen molar-refractivity contribution >= 4 is 46.2 Å². The van der Waals surface area contributed by atoms with Gasteiger partial charge in [-0.25, -0.2) is 0 Å². The molecule has 1 amide bonds. The topological polar surface area (TPSA) is 50.5 Å². The summed E-state index contributed by atoms with van der Waals surface area (Å²) >= 11 is 12.3. The summed E-state index contributed by atoms with van der Waals surface area (Å²) in [5.41, 5.74) is 3.87. The van der Waals surface area contributed by atoms with E-state index in [1.54, 1.807) is 41.3 Å². The Labute approximate surface area is 230 Å². The molecule has 6 heteroatoms. The van der Waals surface area contributed by atoms with Gasteiger partial charge in [0.05, 0.1) is 15.4 Å². The van der Waals surface area contributed by atoms with Gasteiger partial charge in [-0.1, -0.05) is 89.9 Å². The van der Waals surface area contributed by atoms with Crippen LogP contribution in [0.25, 0.3) is 28.4 Å². The number of para-hydroxylation sites is 1. The van der Waals surface area contributed by atoms with Crippen LogP contribution in [0.3, 0.4) is 0 Å². The van der Waals surface area contributed by atoms with Crippen LogP contribution in [0.15, 0.2) is 118 Å². The molecule has 0 bridgehead atoms. The lowest BCUT2D eigenvalue weighted by atomic mass is 10.1. The standard InChI is InChI=1S/C32H23Cl2NO3/c33-27-15-13-24(18-28(27)34)21-35(32(37)16-14-22-7-2-1-3-8-22)20-23-9-6-10-25(17-23)31-19-29(36)26-11-4-5-12-30(26)38-31/h1-19H,20-21H2/b16-14+. The molecule has 0 saturated carbocycles. The molecule has 5 aromatic rings. The van der Waals surface area contributed by atoms with Crippen molar-refractivity contribution < 1.29 is 9.21 Å². The molecular formula is C32H23Cl2NO3.